The van der Waals surface area contributed by atoms with E-state index in [0.717, 1.165) is 30.2 Å². The molecule has 0 radical (unpaired) electrons. The van der Waals surface area contributed by atoms with Crippen LogP contribution in [-0.4, -0.2) is 36.1 Å². The van der Waals surface area contributed by atoms with Gasteiger partial charge in [-0.3, -0.25) is 9.59 Å². The van der Waals surface area contributed by atoms with Crippen LogP contribution in [-0.2, 0) is 4.79 Å². The number of carbonyl (C=O) groups excluding carboxylic acids is 2. The van der Waals surface area contributed by atoms with Crippen molar-refractivity contribution in [2.75, 3.05) is 13.1 Å². The fourth-order valence-corrected chi connectivity index (χ4v) is 3.03. The molecule has 5 nitrogen and oxygen atoms in total. The fourth-order valence-electron chi connectivity index (χ4n) is 2.63. The third-order valence-electron chi connectivity index (χ3n) is 3.93. The first-order chi connectivity index (χ1) is 10.6. The summed E-state index contributed by atoms with van der Waals surface area (Å²) in [7, 11) is 0. The summed E-state index contributed by atoms with van der Waals surface area (Å²) < 4.78 is 0.816. The monoisotopic (exact) mass is 368 g/mol. The highest BCUT2D eigenvalue weighted by Crippen LogP contribution is 2.23. The Morgan fingerprint density at radius 3 is 2.73 bits per heavy atom. The number of halogens is 1. The number of hydrogen-bond acceptors (Lipinski definition) is 3. The third-order valence-corrected chi connectivity index (χ3v) is 4.42. The van der Waals surface area contributed by atoms with Gasteiger partial charge in [-0.2, -0.15) is 0 Å². The molecule has 1 aliphatic carbocycles. The van der Waals surface area contributed by atoms with Gasteiger partial charge in [0, 0.05) is 22.5 Å². The highest BCUT2D eigenvalue weighted by Gasteiger charge is 2.23. The van der Waals surface area contributed by atoms with Crippen LogP contribution < -0.4 is 10.6 Å². The predicted octanol–water partition coefficient (Wildman–Crippen LogP) is 1.85. The molecular weight excluding hydrogens is 348 g/mol. The van der Waals surface area contributed by atoms with Gasteiger partial charge in [-0.05, 0) is 31.0 Å². The average molecular weight is 369 g/mol. The topological polar surface area (TPSA) is 78.4 Å². The van der Waals surface area contributed by atoms with E-state index in [2.05, 4.69) is 26.6 Å². The van der Waals surface area contributed by atoms with Gasteiger partial charge in [0.05, 0.1) is 12.6 Å². The molecule has 22 heavy (non-hydrogen) atoms. The van der Waals surface area contributed by atoms with Gasteiger partial charge in [0.1, 0.15) is 0 Å². The lowest BCUT2D eigenvalue weighted by Gasteiger charge is -2.27. The molecule has 0 aliphatic heterocycles. The zero-order valence-electron chi connectivity index (χ0n) is 12.3. The lowest BCUT2D eigenvalue weighted by atomic mass is 9.86. The molecule has 2 amide bonds. The maximum absolute atomic E-state index is 11.9. The zero-order chi connectivity index (χ0) is 15.9. The first kappa shape index (κ1) is 17.0. The Morgan fingerprint density at radius 2 is 2.00 bits per heavy atom. The van der Waals surface area contributed by atoms with Gasteiger partial charge in [-0.25, -0.2) is 0 Å². The standard InChI is InChI=1S/C16H21BrN2O3/c17-13-6-3-5-11(8-13)16(22)19-10-15(21)18-9-12-4-1-2-7-14(12)20/h3,5-6,8,12,14,20H,1-2,4,7,9-10H2,(H,18,21)(H,19,22)/t12-,14+/m1/s1. The van der Waals surface area contributed by atoms with Crippen molar-refractivity contribution in [2.45, 2.75) is 31.8 Å². The number of nitrogens with one attached hydrogen (secondary N) is 2. The fraction of sp³-hybridized carbons (Fsp3) is 0.500. The normalized spacial score (nSPS) is 21.2. The van der Waals surface area contributed by atoms with Crippen molar-refractivity contribution in [2.24, 2.45) is 5.92 Å². The zero-order valence-corrected chi connectivity index (χ0v) is 13.9. The second-order valence-electron chi connectivity index (χ2n) is 5.61. The van der Waals surface area contributed by atoms with Crippen molar-refractivity contribution < 1.29 is 14.7 Å². The lowest BCUT2D eigenvalue weighted by molar-refractivity contribution is -0.120. The van der Waals surface area contributed by atoms with Crippen LogP contribution in [0.3, 0.4) is 0 Å². The quantitative estimate of drug-likeness (QED) is 0.741. The van der Waals surface area contributed by atoms with Crippen LogP contribution in [0.1, 0.15) is 36.0 Å². The first-order valence-electron chi connectivity index (χ1n) is 7.55. The van der Waals surface area contributed by atoms with E-state index in [1.54, 1.807) is 18.2 Å². The molecule has 2 atom stereocenters. The second-order valence-corrected chi connectivity index (χ2v) is 6.52. The Kier molecular flexibility index (Phi) is 6.39. The summed E-state index contributed by atoms with van der Waals surface area (Å²) in [6.07, 6.45) is 3.56. The van der Waals surface area contributed by atoms with Gasteiger partial charge in [0.15, 0.2) is 0 Å². The molecule has 0 aromatic heterocycles. The molecule has 1 saturated carbocycles. The number of aliphatic hydroxyl groups is 1. The second kappa shape index (κ2) is 8.29. The van der Waals surface area contributed by atoms with Gasteiger partial charge in [0.25, 0.3) is 5.91 Å². The number of rotatable bonds is 5. The van der Waals surface area contributed by atoms with Crippen LogP contribution >= 0.6 is 15.9 Å². The molecule has 1 aromatic rings. The Balaban J connectivity index is 1.72. The first-order valence-corrected chi connectivity index (χ1v) is 8.34. The third kappa shape index (κ3) is 5.10. The van der Waals surface area contributed by atoms with Crippen molar-refractivity contribution in [3.8, 4) is 0 Å². The van der Waals surface area contributed by atoms with Crippen LogP contribution in [0, 0.1) is 5.92 Å². The van der Waals surface area contributed by atoms with Gasteiger partial charge in [0.2, 0.25) is 5.91 Å². The molecule has 1 aliphatic rings. The largest absolute Gasteiger partial charge is 0.393 e. The Labute approximate surface area is 138 Å². The molecule has 120 valence electrons. The summed E-state index contributed by atoms with van der Waals surface area (Å²) >= 11 is 3.30. The maximum Gasteiger partial charge on any atom is 0.251 e. The van der Waals surface area contributed by atoms with Crippen LogP contribution in [0.2, 0.25) is 0 Å². The summed E-state index contributed by atoms with van der Waals surface area (Å²) in [4.78, 5) is 23.7. The van der Waals surface area contributed by atoms with E-state index in [4.69, 9.17) is 0 Å². The number of amides is 2. The van der Waals surface area contributed by atoms with E-state index in [9.17, 15) is 14.7 Å². The maximum atomic E-state index is 11.9. The average Bonchev–Trinajstić information content (AvgIpc) is 2.52. The van der Waals surface area contributed by atoms with Gasteiger partial charge in [-0.1, -0.05) is 34.8 Å². The van der Waals surface area contributed by atoms with Gasteiger partial charge >= 0.3 is 0 Å². The molecule has 0 unspecified atom stereocenters. The van der Waals surface area contributed by atoms with E-state index in [-0.39, 0.29) is 30.4 Å². The molecule has 1 fully saturated rings. The SMILES string of the molecule is O=C(CNC(=O)c1cccc(Br)c1)NC[C@H]1CCCC[C@@H]1O. The summed E-state index contributed by atoms with van der Waals surface area (Å²) in [5.74, 6) is -0.395. The molecule has 0 spiro atoms. The Hall–Kier alpha value is -1.40. The summed E-state index contributed by atoms with van der Waals surface area (Å²) in [5, 5.41) is 15.2. The van der Waals surface area contributed by atoms with Crippen molar-refractivity contribution in [1.82, 2.24) is 10.6 Å². The van der Waals surface area contributed by atoms with Crippen LogP contribution in [0.15, 0.2) is 28.7 Å². The van der Waals surface area contributed by atoms with Crippen LogP contribution in [0.4, 0.5) is 0 Å². The van der Waals surface area contributed by atoms with E-state index in [1.165, 1.54) is 0 Å². The Bertz CT molecular complexity index is 536. The number of aliphatic hydroxyl groups excluding tert-OH is 1. The minimum atomic E-state index is -0.328. The minimum absolute atomic E-state index is 0.0613. The highest BCUT2D eigenvalue weighted by molar-refractivity contribution is 9.10. The predicted molar refractivity (Wildman–Crippen MR) is 87.4 cm³/mol. The molecule has 0 bridgehead atoms. The Morgan fingerprint density at radius 1 is 1.23 bits per heavy atom. The van der Waals surface area contributed by atoms with E-state index >= 15 is 0 Å². The highest BCUT2D eigenvalue weighted by atomic mass is 79.9. The molecular formula is C16H21BrN2O3. The van der Waals surface area contributed by atoms with Crippen molar-refractivity contribution in [3.63, 3.8) is 0 Å². The number of hydrogen-bond donors (Lipinski definition) is 3. The lowest BCUT2D eigenvalue weighted by Crippen LogP contribution is -2.41. The van der Waals surface area contributed by atoms with Crippen molar-refractivity contribution >= 4 is 27.7 Å². The van der Waals surface area contributed by atoms with Crippen LogP contribution in [0.25, 0.3) is 0 Å². The molecule has 6 heteroatoms. The summed E-state index contributed by atoms with van der Waals surface area (Å²) in [6.45, 7) is 0.404. The molecule has 2 rings (SSSR count). The minimum Gasteiger partial charge on any atom is -0.393 e. The van der Waals surface area contributed by atoms with Crippen molar-refractivity contribution in [3.05, 3.63) is 34.3 Å². The summed E-state index contributed by atoms with van der Waals surface area (Å²) in [5.41, 5.74) is 0.505. The summed E-state index contributed by atoms with van der Waals surface area (Å²) in [6, 6.07) is 6.99. The smallest absolute Gasteiger partial charge is 0.251 e. The van der Waals surface area contributed by atoms with E-state index in [0.29, 0.717) is 12.1 Å². The van der Waals surface area contributed by atoms with Crippen LogP contribution in [0.5, 0.6) is 0 Å². The van der Waals surface area contributed by atoms with Crippen molar-refractivity contribution in [1.29, 1.82) is 0 Å². The molecule has 0 saturated heterocycles. The van der Waals surface area contributed by atoms with Gasteiger partial charge in [-0.15, -0.1) is 0 Å². The number of carbonyl (C=O) groups is 2. The molecule has 1 aromatic carbocycles. The van der Waals surface area contributed by atoms with E-state index in [1.807, 2.05) is 6.07 Å². The molecule has 0 heterocycles. The van der Waals surface area contributed by atoms with E-state index < -0.39 is 0 Å². The van der Waals surface area contributed by atoms with Gasteiger partial charge < -0.3 is 15.7 Å². The number of benzene rings is 1. The molecule has 3 N–H and O–H groups in total.